The predicted molar refractivity (Wildman–Crippen MR) is 79.9 cm³/mol. The lowest BCUT2D eigenvalue weighted by Gasteiger charge is -2.15. The summed E-state index contributed by atoms with van der Waals surface area (Å²) in [6.07, 6.45) is 6.73. The summed E-state index contributed by atoms with van der Waals surface area (Å²) in [5.74, 6) is -0.877. The van der Waals surface area contributed by atoms with Crippen LogP contribution in [0.3, 0.4) is 0 Å². The summed E-state index contributed by atoms with van der Waals surface area (Å²) in [6, 6.07) is 5.59. The first-order chi connectivity index (χ1) is 9.58. The molecule has 1 amide bonds. The molecule has 20 heavy (non-hydrogen) atoms. The average molecular weight is 273 g/mol. The van der Waals surface area contributed by atoms with Crippen molar-refractivity contribution in [2.45, 2.75) is 58.4 Å². The molecule has 0 radical (unpaired) electrons. The number of carbonyl (C=O) groups excluding carboxylic acids is 2. The first kappa shape index (κ1) is 14.8. The topological polar surface area (TPSA) is 46.2 Å². The SMILES string of the molecule is Cc1ccc(C(=O)C(=O)NC2CCCCCC2)cc1C. The fraction of sp³-hybridized carbons (Fsp3) is 0.529. The molecule has 108 valence electrons. The molecule has 3 nitrogen and oxygen atoms in total. The van der Waals surface area contributed by atoms with Crippen LogP contribution in [-0.2, 0) is 4.79 Å². The number of rotatable bonds is 3. The summed E-state index contributed by atoms with van der Waals surface area (Å²) in [6.45, 7) is 3.95. The van der Waals surface area contributed by atoms with Crippen molar-refractivity contribution < 1.29 is 9.59 Å². The number of ketones is 1. The highest BCUT2D eigenvalue weighted by molar-refractivity contribution is 6.42. The Balaban J connectivity index is 2.00. The van der Waals surface area contributed by atoms with Gasteiger partial charge in [0.05, 0.1) is 0 Å². The number of amides is 1. The van der Waals surface area contributed by atoms with E-state index in [1.165, 1.54) is 12.8 Å². The second kappa shape index (κ2) is 6.69. The van der Waals surface area contributed by atoms with Gasteiger partial charge in [-0.3, -0.25) is 9.59 Å². The maximum atomic E-state index is 12.2. The largest absolute Gasteiger partial charge is 0.346 e. The van der Waals surface area contributed by atoms with Crippen LogP contribution in [0.2, 0.25) is 0 Å². The maximum Gasteiger partial charge on any atom is 0.292 e. The van der Waals surface area contributed by atoms with E-state index in [1.807, 2.05) is 19.9 Å². The van der Waals surface area contributed by atoms with E-state index in [4.69, 9.17) is 0 Å². The maximum absolute atomic E-state index is 12.2. The summed E-state index contributed by atoms with van der Waals surface area (Å²) in [7, 11) is 0. The second-order valence-electron chi connectivity index (χ2n) is 5.79. The van der Waals surface area contributed by atoms with Gasteiger partial charge in [-0.15, -0.1) is 0 Å². The number of benzene rings is 1. The monoisotopic (exact) mass is 273 g/mol. The zero-order chi connectivity index (χ0) is 14.5. The molecule has 0 spiro atoms. The van der Waals surface area contributed by atoms with Gasteiger partial charge in [-0.05, 0) is 43.9 Å². The smallest absolute Gasteiger partial charge is 0.292 e. The number of nitrogens with one attached hydrogen (secondary N) is 1. The summed E-state index contributed by atoms with van der Waals surface area (Å²) < 4.78 is 0. The Morgan fingerprint density at radius 1 is 1.00 bits per heavy atom. The number of carbonyl (C=O) groups is 2. The lowest BCUT2D eigenvalue weighted by atomic mass is 10.0. The van der Waals surface area contributed by atoms with Gasteiger partial charge in [0.25, 0.3) is 5.91 Å². The van der Waals surface area contributed by atoms with Crippen molar-refractivity contribution in [2.75, 3.05) is 0 Å². The molecule has 1 aliphatic rings. The van der Waals surface area contributed by atoms with Crippen LogP contribution in [-0.4, -0.2) is 17.7 Å². The number of Topliss-reactive ketones (excluding diaryl/α,β-unsaturated/α-hetero) is 1. The summed E-state index contributed by atoms with van der Waals surface area (Å²) in [5.41, 5.74) is 2.66. The molecule has 1 aliphatic carbocycles. The number of hydrogen-bond donors (Lipinski definition) is 1. The Morgan fingerprint density at radius 3 is 2.25 bits per heavy atom. The van der Waals surface area contributed by atoms with Crippen molar-refractivity contribution >= 4 is 11.7 Å². The van der Waals surface area contributed by atoms with Crippen molar-refractivity contribution in [3.8, 4) is 0 Å². The minimum Gasteiger partial charge on any atom is -0.346 e. The quantitative estimate of drug-likeness (QED) is 0.521. The molecule has 0 unspecified atom stereocenters. The van der Waals surface area contributed by atoms with Crippen LogP contribution in [0.25, 0.3) is 0 Å². The first-order valence-corrected chi connectivity index (χ1v) is 7.50. The minimum atomic E-state index is -0.458. The molecule has 0 aliphatic heterocycles. The van der Waals surface area contributed by atoms with E-state index in [0.29, 0.717) is 5.56 Å². The third-order valence-corrected chi connectivity index (χ3v) is 4.17. The predicted octanol–water partition coefficient (Wildman–Crippen LogP) is 3.33. The second-order valence-corrected chi connectivity index (χ2v) is 5.79. The van der Waals surface area contributed by atoms with E-state index in [2.05, 4.69) is 5.32 Å². The van der Waals surface area contributed by atoms with Crippen LogP contribution >= 0.6 is 0 Å². The van der Waals surface area contributed by atoms with Crippen LogP contribution in [0.1, 0.15) is 60.0 Å². The van der Waals surface area contributed by atoms with Gasteiger partial charge >= 0.3 is 0 Å². The van der Waals surface area contributed by atoms with Gasteiger partial charge in [-0.1, -0.05) is 37.8 Å². The Kier molecular flexibility index (Phi) is 4.94. The van der Waals surface area contributed by atoms with Crippen LogP contribution in [0.4, 0.5) is 0 Å². The lowest BCUT2D eigenvalue weighted by Crippen LogP contribution is -2.39. The molecule has 1 N–H and O–H groups in total. The molecular weight excluding hydrogens is 250 g/mol. The van der Waals surface area contributed by atoms with Crippen molar-refractivity contribution in [1.82, 2.24) is 5.32 Å². The van der Waals surface area contributed by atoms with Crippen molar-refractivity contribution in [1.29, 1.82) is 0 Å². The van der Waals surface area contributed by atoms with E-state index in [-0.39, 0.29) is 6.04 Å². The molecule has 1 saturated carbocycles. The Labute approximate surface area is 120 Å². The highest BCUT2D eigenvalue weighted by atomic mass is 16.2. The molecule has 0 heterocycles. The summed E-state index contributed by atoms with van der Waals surface area (Å²) in [4.78, 5) is 24.2. The van der Waals surface area contributed by atoms with Gasteiger partial charge in [0.2, 0.25) is 5.78 Å². The first-order valence-electron chi connectivity index (χ1n) is 7.50. The molecule has 3 heteroatoms. The highest BCUT2D eigenvalue weighted by Gasteiger charge is 2.21. The van der Waals surface area contributed by atoms with E-state index in [9.17, 15) is 9.59 Å². The van der Waals surface area contributed by atoms with E-state index >= 15 is 0 Å². The summed E-state index contributed by atoms with van der Waals surface area (Å²) in [5, 5.41) is 2.90. The normalized spacial score (nSPS) is 16.5. The molecule has 1 aromatic rings. The number of aryl methyl sites for hydroxylation is 2. The van der Waals surface area contributed by atoms with E-state index < -0.39 is 11.7 Å². The molecule has 2 rings (SSSR count). The fourth-order valence-corrected chi connectivity index (χ4v) is 2.69. The van der Waals surface area contributed by atoms with E-state index in [1.54, 1.807) is 12.1 Å². The van der Waals surface area contributed by atoms with Gasteiger partial charge in [0.1, 0.15) is 0 Å². The number of hydrogen-bond acceptors (Lipinski definition) is 2. The zero-order valence-corrected chi connectivity index (χ0v) is 12.4. The van der Waals surface area contributed by atoms with Crippen LogP contribution in [0.15, 0.2) is 18.2 Å². The zero-order valence-electron chi connectivity index (χ0n) is 12.4. The van der Waals surface area contributed by atoms with Gasteiger partial charge in [0.15, 0.2) is 0 Å². The van der Waals surface area contributed by atoms with Gasteiger partial charge in [0, 0.05) is 11.6 Å². The Morgan fingerprint density at radius 2 is 1.65 bits per heavy atom. The molecular formula is C17H23NO2. The summed E-state index contributed by atoms with van der Waals surface area (Å²) >= 11 is 0. The standard InChI is InChI=1S/C17H23NO2/c1-12-9-10-14(11-13(12)2)16(19)17(20)18-15-7-5-3-4-6-8-15/h9-11,15H,3-8H2,1-2H3,(H,18,20). The van der Waals surface area contributed by atoms with Crippen LogP contribution in [0, 0.1) is 13.8 Å². The fourth-order valence-electron chi connectivity index (χ4n) is 2.69. The van der Waals surface area contributed by atoms with Gasteiger partial charge in [-0.2, -0.15) is 0 Å². The third-order valence-electron chi connectivity index (χ3n) is 4.17. The highest BCUT2D eigenvalue weighted by Crippen LogP contribution is 2.17. The van der Waals surface area contributed by atoms with Crippen molar-refractivity contribution in [2.24, 2.45) is 0 Å². The lowest BCUT2D eigenvalue weighted by molar-refractivity contribution is -0.117. The van der Waals surface area contributed by atoms with Crippen LogP contribution < -0.4 is 5.32 Å². The third kappa shape index (κ3) is 3.69. The van der Waals surface area contributed by atoms with Gasteiger partial charge in [-0.25, -0.2) is 0 Å². The molecule has 0 aromatic heterocycles. The molecule has 0 bridgehead atoms. The van der Waals surface area contributed by atoms with Crippen LogP contribution in [0.5, 0.6) is 0 Å². The Hall–Kier alpha value is -1.64. The molecule has 0 saturated heterocycles. The van der Waals surface area contributed by atoms with Gasteiger partial charge < -0.3 is 5.32 Å². The molecule has 1 fully saturated rings. The van der Waals surface area contributed by atoms with Crippen molar-refractivity contribution in [3.05, 3.63) is 34.9 Å². The average Bonchev–Trinajstić information content (AvgIpc) is 2.69. The Bertz CT molecular complexity index is 500. The molecule has 0 atom stereocenters. The molecule has 1 aromatic carbocycles. The van der Waals surface area contributed by atoms with Crippen molar-refractivity contribution in [3.63, 3.8) is 0 Å². The minimum absolute atomic E-state index is 0.167. The van der Waals surface area contributed by atoms with E-state index in [0.717, 1.165) is 36.8 Å².